The molecule has 0 saturated heterocycles. The van der Waals surface area contributed by atoms with Gasteiger partial charge in [0.2, 0.25) is 0 Å². The van der Waals surface area contributed by atoms with Crippen LogP contribution in [0.5, 0.6) is 0 Å². The van der Waals surface area contributed by atoms with E-state index in [-0.39, 0.29) is 0 Å². The molecule has 0 aromatic rings. The predicted molar refractivity (Wildman–Crippen MR) is 62.9 cm³/mol. The van der Waals surface area contributed by atoms with E-state index in [0.29, 0.717) is 13.2 Å². The maximum absolute atomic E-state index is 5.41. The molecule has 0 unspecified atom stereocenters. The molecule has 0 aliphatic rings. The SMILES string of the molecule is COCCNCCOCCCOCCOC. The topological polar surface area (TPSA) is 49.0 Å². The molecule has 0 aliphatic heterocycles. The molecular weight excluding hydrogens is 210 g/mol. The molecule has 0 radical (unpaired) electrons. The lowest BCUT2D eigenvalue weighted by Gasteiger charge is -2.06. The van der Waals surface area contributed by atoms with E-state index in [0.717, 1.165) is 45.9 Å². The van der Waals surface area contributed by atoms with Gasteiger partial charge in [-0.2, -0.15) is 0 Å². The lowest BCUT2D eigenvalue weighted by atomic mass is 10.5. The minimum absolute atomic E-state index is 0.657. The van der Waals surface area contributed by atoms with Crippen LogP contribution in [0.4, 0.5) is 0 Å². The molecule has 0 aromatic carbocycles. The summed E-state index contributed by atoms with van der Waals surface area (Å²) in [5, 5.41) is 3.21. The first kappa shape index (κ1) is 15.8. The van der Waals surface area contributed by atoms with Crippen molar-refractivity contribution in [3.05, 3.63) is 0 Å². The van der Waals surface area contributed by atoms with Gasteiger partial charge in [-0.15, -0.1) is 0 Å². The highest BCUT2D eigenvalue weighted by Crippen LogP contribution is 1.85. The molecule has 0 spiro atoms. The van der Waals surface area contributed by atoms with Gasteiger partial charge in [0, 0.05) is 40.5 Å². The van der Waals surface area contributed by atoms with Crippen molar-refractivity contribution in [1.29, 1.82) is 0 Å². The molecule has 0 saturated carbocycles. The van der Waals surface area contributed by atoms with Crippen molar-refractivity contribution in [2.75, 3.05) is 67.0 Å². The van der Waals surface area contributed by atoms with Crippen molar-refractivity contribution in [2.45, 2.75) is 6.42 Å². The zero-order valence-corrected chi connectivity index (χ0v) is 10.5. The molecule has 0 aliphatic carbocycles. The summed E-state index contributed by atoms with van der Waals surface area (Å²) in [4.78, 5) is 0. The normalized spacial score (nSPS) is 10.9. The summed E-state index contributed by atoms with van der Waals surface area (Å²) in [5.74, 6) is 0. The smallest absolute Gasteiger partial charge is 0.0700 e. The first-order valence-electron chi connectivity index (χ1n) is 5.76. The van der Waals surface area contributed by atoms with E-state index in [4.69, 9.17) is 18.9 Å². The molecule has 98 valence electrons. The van der Waals surface area contributed by atoms with E-state index >= 15 is 0 Å². The molecule has 0 rings (SSSR count). The fraction of sp³-hybridized carbons (Fsp3) is 1.00. The number of hydrogen-bond acceptors (Lipinski definition) is 5. The van der Waals surface area contributed by atoms with Gasteiger partial charge < -0.3 is 24.3 Å². The summed E-state index contributed by atoms with van der Waals surface area (Å²) in [6.07, 6.45) is 0.932. The zero-order valence-electron chi connectivity index (χ0n) is 10.5. The van der Waals surface area contributed by atoms with Crippen molar-refractivity contribution in [2.24, 2.45) is 0 Å². The summed E-state index contributed by atoms with van der Waals surface area (Å²) in [6.45, 7) is 6.03. The van der Waals surface area contributed by atoms with Gasteiger partial charge in [0.15, 0.2) is 0 Å². The summed E-state index contributed by atoms with van der Waals surface area (Å²) in [5.41, 5.74) is 0. The van der Waals surface area contributed by atoms with E-state index in [1.54, 1.807) is 14.2 Å². The van der Waals surface area contributed by atoms with Gasteiger partial charge in [-0.05, 0) is 6.42 Å². The van der Waals surface area contributed by atoms with Gasteiger partial charge in [-0.3, -0.25) is 0 Å². The third kappa shape index (κ3) is 13.8. The average Bonchev–Trinajstić information content (AvgIpc) is 2.31. The Morgan fingerprint density at radius 2 is 1.31 bits per heavy atom. The zero-order chi connectivity index (χ0) is 11.9. The van der Waals surface area contributed by atoms with E-state index in [1.807, 2.05) is 0 Å². The van der Waals surface area contributed by atoms with Crippen molar-refractivity contribution in [3.63, 3.8) is 0 Å². The molecule has 0 atom stereocenters. The summed E-state index contributed by atoms with van der Waals surface area (Å²) >= 11 is 0. The van der Waals surface area contributed by atoms with Gasteiger partial charge in [0.05, 0.1) is 26.4 Å². The average molecular weight is 235 g/mol. The lowest BCUT2D eigenvalue weighted by molar-refractivity contribution is 0.0517. The Labute approximate surface area is 98.4 Å². The monoisotopic (exact) mass is 235 g/mol. The van der Waals surface area contributed by atoms with E-state index in [1.165, 1.54) is 0 Å². The van der Waals surface area contributed by atoms with Crippen LogP contribution in [0.15, 0.2) is 0 Å². The highest BCUT2D eigenvalue weighted by molar-refractivity contribution is 4.44. The second-order valence-electron chi connectivity index (χ2n) is 3.31. The van der Waals surface area contributed by atoms with E-state index in [9.17, 15) is 0 Å². The Bertz CT molecular complexity index is 111. The second-order valence-corrected chi connectivity index (χ2v) is 3.31. The predicted octanol–water partition coefficient (Wildman–Crippen LogP) is 0.292. The van der Waals surface area contributed by atoms with Crippen LogP contribution in [0, 0.1) is 0 Å². The van der Waals surface area contributed by atoms with Crippen LogP contribution in [-0.4, -0.2) is 67.0 Å². The summed E-state index contributed by atoms with van der Waals surface area (Å²) in [6, 6.07) is 0. The van der Waals surface area contributed by atoms with E-state index < -0.39 is 0 Å². The van der Waals surface area contributed by atoms with Crippen molar-refractivity contribution < 1.29 is 18.9 Å². The number of rotatable bonds is 13. The highest BCUT2D eigenvalue weighted by atomic mass is 16.5. The standard InChI is InChI=1S/C11H25NO4/c1-13-8-4-12-5-9-15-6-3-7-16-11-10-14-2/h12H,3-11H2,1-2H3. The van der Waals surface area contributed by atoms with Crippen molar-refractivity contribution >= 4 is 0 Å². The van der Waals surface area contributed by atoms with Gasteiger partial charge in [-0.25, -0.2) is 0 Å². The van der Waals surface area contributed by atoms with Gasteiger partial charge >= 0.3 is 0 Å². The van der Waals surface area contributed by atoms with Crippen LogP contribution in [0.25, 0.3) is 0 Å². The molecule has 0 fully saturated rings. The maximum Gasteiger partial charge on any atom is 0.0700 e. The Morgan fingerprint density at radius 3 is 2.00 bits per heavy atom. The molecule has 0 aromatic heterocycles. The molecular formula is C11H25NO4. The minimum Gasteiger partial charge on any atom is -0.383 e. The number of methoxy groups -OCH3 is 2. The van der Waals surface area contributed by atoms with Crippen LogP contribution in [-0.2, 0) is 18.9 Å². The third-order valence-corrected chi connectivity index (χ3v) is 1.92. The Hall–Kier alpha value is -0.200. The van der Waals surface area contributed by atoms with Crippen LogP contribution in [0.1, 0.15) is 6.42 Å². The van der Waals surface area contributed by atoms with Crippen LogP contribution >= 0.6 is 0 Å². The summed E-state index contributed by atoms with van der Waals surface area (Å²) < 4.78 is 20.5. The Morgan fingerprint density at radius 1 is 0.688 bits per heavy atom. The number of nitrogens with one attached hydrogen (secondary N) is 1. The summed E-state index contributed by atoms with van der Waals surface area (Å²) in [7, 11) is 3.37. The first-order valence-corrected chi connectivity index (χ1v) is 5.76. The van der Waals surface area contributed by atoms with Crippen LogP contribution in [0.3, 0.4) is 0 Å². The van der Waals surface area contributed by atoms with Gasteiger partial charge in [-0.1, -0.05) is 0 Å². The fourth-order valence-corrected chi connectivity index (χ4v) is 1.05. The van der Waals surface area contributed by atoms with Crippen molar-refractivity contribution in [1.82, 2.24) is 5.32 Å². The Balaban J connectivity index is 2.83. The largest absolute Gasteiger partial charge is 0.383 e. The maximum atomic E-state index is 5.41. The first-order chi connectivity index (χ1) is 7.91. The quantitative estimate of drug-likeness (QED) is 0.465. The molecule has 0 heterocycles. The van der Waals surface area contributed by atoms with Gasteiger partial charge in [0.25, 0.3) is 0 Å². The molecule has 5 nitrogen and oxygen atoms in total. The molecule has 0 bridgehead atoms. The number of ether oxygens (including phenoxy) is 4. The molecule has 1 N–H and O–H groups in total. The Kier molecular flexibility index (Phi) is 14.6. The fourth-order valence-electron chi connectivity index (χ4n) is 1.05. The van der Waals surface area contributed by atoms with Gasteiger partial charge in [0.1, 0.15) is 0 Å². The second kappa shape index (κ2) is 14.8. The van der Waals surface area contributed by atoms with Crippen LogP contribution in [0.2, 0.25) is 0 Å². The third-order valence-electron chi connectivity index (χ3n) is 1.92. The highest BCUT2D eigenvalue weighted by Gasteiger charge is 1.91. The van der Waals surface area contributed by atoms with Crippen LogP contribution < -0.4 is 5.32 Å². The molecule has 0 amide bonds. The number of hydrogen-bond donors (Lipinski definition) is 1. The van der Waals surface area contributed by atoms with E-state index in [2.05, 4.69) is 5.32 Å². The molecule has 5 heteroatoms. The minimum atomic E-state index is 0.657. The van der Waals surface area contributed by atoms with Crippen molar-refractivity contribution in [3.8, 4) is 0 Å². The lowest BCUT2D eigenvalue weighted by Crippen LogP contribution is -2.23. The molecule has 16 heavy (non-hydrogen) atoms.